The highest BCUT2D eigenvalue weighted by molar-refractivity contribution is 7.89. The second kappa shape index (κ2) is 9.71. The third kappa shape index (κ3) is 6.35. The van der Waals surface area contributed by atoms with Crippen LogP contribution in [0, 0.1) is 20.8 Å². The van der Waals surface area contributed by atoms with Gasteiger partial charge in [-0.3, -0.25) is 4.79 Å². The molecule has 1 N–H and O–H groups in total. The molecule has 152 valence electrons. The highest BCUT2D eigenvalue weighted by Gasteiger charge is 2.17. The SMILES string of the molecule is Cc1cccc(OCCN(C)C(=O)CCNS(=O)(=O)c2cc(C)ccc2C)c1. The Hall–Kier alpha value is -2.38. The van der Waals surface area contributed by atoms with Crippen LogP contribution in [0.3, 0.4) is 0 Å². The maximum Gasteiger partial charge on any atom is 0.240 e. The van der Waals surface area contributed by atoms with Gasteiger partial charge >= 0.3 is 0 Å². The minimum atomic E-state index is -3.64. The van der Waals surface area contributed by atoms with Gasteiger partial charge in [0.15, 0.2) is 0 Å². The summed E-state index contributed by atoms with van der Waals surface area (Å²) in [4.78, 5) is 14.0. The third-order valence-electron chi connectivity index (χ3n) is 4.37. The number of hydrogen-bond donors (Lipinski definition) is 1. The number of rotatable bonds is 9. The smallest absolute Gasteiger partial charge is 0.240 e. The molecule has 0 bridgehead atoms. The molecule has 0 saturated carbocycles. The van der Waals surface area contributed by atoms with E-state index in [9.17, 15) is 13.2 Å². The van der Waals surface area contributed by atoms with Gasteiger partial charge in [0.2, 0.25) is 15.9 Å². The van der Waals surface area contributed by atoms with Crippen molar-refractivity contribution < 1.29 is 17.9 Å². The van der Waals surface area contributed by atoms with E-state index in [1.165, 1.54) is 0 Å². The molecule has 0 aliphatic heterocycles. The zero-order chi connectivity index (χ0) is 20.7. The van der Waals surface area contributed by atoms with Crippen molar-refractivity contribution in [1.82, 2.24) is 9.62 Å². The molecule has 7 heteroatoms. The average Bonchev–Trinajstić information content (AvgIpc) is 2.63. The van der Waals surface area contributed by atoms with Gasteiger partial charge < -0.3 is 9.64 Å². The topological polar surface area (TPSA) is 75.7 Å². The summed E-state index contributed by atoms with van der Waals surface area (Å²) >= 11 is 0. The quantitative estimate of drug-likeness (QED) is 0.697. The van der Waals surface area contributed by atoms with Crippen LogP contribution in [0.25, 0.3) is 0 Å². The number of sulfonamides is 1. The lowest BCUT2D eigenvalue weighted by molar-refractivity contribution is -0.130. The number of likely N-dealkylation sites (N-methyl/N-ethyl adjacent to an activating group) is 1. The number of carbonyl (C=O) groups excluding carboxylic acids is 1. The molecule has 6 nitrogen and oxygen atoms in total. The molecule has 0 atom stereocenters. The van der Waals surface area contributed by atoms with Gasteiger partial charge in [0.25, 0.3) is 0 Å². The minimum absolute atomic E-state index is 0.0532. The average molecular weight is 405 g/mol. The maximum absolute atomic E-state index is 12.5. The van der Waals surface area contributed by atoms with Crippen molar-refractivity contribution in [2.24, 2.45) is 0 Å². The molecule has 2 aromatic carbocycles. The Balaban J connectivity index is 1.78. The van der Waals surface area contributed by atoms with Crippen molar-refractivity contribution in [2.45, 2.75) is 32.1 Å². The molecule has 0 aliphatic rings. The van der Waals surface area contributed by atoms with Crippen LogP contribution < -0.4 is 9.46 Å². The van der Waals surface area contributed by atoms with Crippen LogP contribution in [0.5, 0.6) is 5.75 Å². The lowest BCUT2D eigenvalue weighted by Crippen LogP contribution is -2.34. The monoisotopic (exact) mass is 404 g/mol. The molecule has 0 unspecified atom stereocenters. The van der Waals surface area contributed by atoms with Crippen LogP contribution in [-0.4, -0.2) is 46.0 Å². The van der Waals surface area contributed by atoms with Crippen LogP contribution >= 0.6 is 0 Å². The molecule has 28 heavy (non-hydrogen) atoms. The fraction of sp³-hybridized carbons (Fsp3) is 0.381. The van der Waals surface area contributed by atoms with Crippen molar-refractivity contribution in [3.05, 3.63) is 59.2 Å². The Kier molecular flexibility index (Phi) is 7.60. The third-order valence-corrected chi connectivity index (χ3v) is 5.98. The molecule has 2 rings (SSSR count). The molecule has 0 heterocycles. The van der Waals surface area contributed by atoms with Crippen molar-refractivity contribution in [2.75, 3.05) is 26.7 Å². The molecule has 0 fully saturated rings. The first-order valence-electron chi connectivity index (χ1n) is 9.19. The number of nitrogens with one attached hydrogen (secondary N) is 1. The summed E-state index contributed by atoms with van der Waals surface area (Å²) in [6.07, 6.45) is 0.0883. The van der Waals surface area contributed by atoms with Crippen LogP contribution in [0.1, 0.15) is 23.1 Å². The largest absolute Gasteiger partial charge is 0.492 e. The molecule has 0 aromatic heterocycles. The van der Waals surface area contributed by atoms with E-state index >= 15 is 0 Å². The van der Waals surface area contributed by atoms with Crippen molar-refractivity contribution in [3.8, 4) is 5.75 Å². The van der Waals surface area contributed by atoms with Gasteiger partial charge in [-0.05, 0) is 55.7 Å². The van der Waals surface area contributed by atoms with Gasteiger partial charge in [0.05, 0.1) is 11.4 Å². The summed E-state index contributed by atoms with van der Waals surface area (Å²) < 4.78 is 33.1. The van der Waals surface area contributed by atoms with Crippen LogP contribution in [0.4, 0.5) is 0 Å². The van der Waals surface area contributed by atoms with E-state index in [2.05, 4.69) is 4.72 Å². The highest BCUT2D eigenvalue weighted by atomic mass is 32.2. The lowest BCUT2D eigenvalue weighted by atomic mass is 10.2. The normalized spacial score (nSPS) is 11.3. The molecule has 1 amide bonds. The molecule has 0 saturated heterocycles. The standard InChI is InChI=1S/C21H28N2O4S/c1-16-6-5-7-19(14-16)27-13-12-23(4)21(24)10-11-22-28(25,26)20-15-17(2)8-9-18(20)3/h5-9,14-15,22H,10-13H2,1-4H3. The summed E-state index contributed by atoms with van der Waals surface area (Å²) in [5.74, 6) is 0.624. The van der Waals surface area contributed by atoms with E-state index in [0.29, 0.717) is 18.7 Å². The second-order valence-corrected chi connectivity index (χ2v) is 8.63. The highest BCUT2D eigenvalue weighted by Crippen LogP contribution is 2.16. The van der Waals surface area contributed by atoms with Gasteiger partial charge in [0.1, 0.15) is 12.4 Å². The number of nitrogens with zero attached hydrogens (tertiary/aromatic N) is 1. The maximum atomic E-state index is 12.5. The summed E-state index contributed by atoms with van der Waals surface area (Å²) in [7, 11) is -1.96. The number of carbonyl (C=O) groups is 1. The molecular formula is C21H28N2O4S. The first-order valence-corrected chi connectivity index (χ1v) is 10.7. The van der Waals surface area contributed by atoms with E-state index in [0.717, 1.165) is 16.9 Å². The Labute approximate surface area is 167 Å². The summed E-state index contributed by atoms with van der Waals surface area (Å²) in [5.41, 5.74) is 2.66. The number of hydrogen-bond acceptors (Lipinski definition) is 4. The van der Waals surface area contributed by atoms with Gasteiger partial charge in [-0.15, -0.1) is 0 Å². The van der Waals surface area contributed by atoms with Crippen LogP contribution in [0.2, 0.25) is 0 Å². The summed E-state index contributed by atoms with van der Waals surface area (Å²) in [6.45, 7) is 6.44. The number of aryl methyl sites for hydroxylation is 3. The molecule has 0 radical (unpaired) electrons. The summed E-state index contributed by atoms with van der Waals surface area (Å²) in [5, 5.41) is 0. The fourth-order valence-corrected chi connectivity index (χ4v) is 4.05. The molecule has 0 aliphatic carbocycles. The first kappa shape index (κ1) is 21.9. The number of ether oxygens (including phenoxy) is 1. The van der Waals surface area contributed by atoms with Gasteiger partial charge in [-0.2, -0.15) is 0 Å². The van der Waals surface area contributed by atoms with Crippen molar-refractivity contribution in [3.63, 3.8) is 0 Å². The molecule has 0 spiro atoms. The van der Waals surface area contributed by atoms with Gasteiger partial charge in [-0.1, -0.05) is 24.3 Å². The van der Waals surface area contributed by atoms with E-state index in [4.69, 9.17) is 4.74 Å². The summed E-state index contributed by atoms with van der Waals surface area (Å²) in [6, 6.07) is 13.0. The van der Waals surface area contributed by atoms with E-state index < -0.39 is 10.0 Å². The van der Waals surface area contributed by atoms with Gasteiger partial charge in [0, 0.05) is 20.0 Å². The predicted molar refractivity (Wildman–Crippen MR) is 110 cm³/mol. The van der Waals surface area contributed by atoms with Crippen LogP contribution in [0.15, 0.2) is 47.4 Å². The zero-order valence-corrected chi connectivity index (χ0v) is 17.7. The Bertz CT molecular complexity index is 926. The first-order chi connectivity index (χ1) is 13.2. The molecular weight excluding hydrogens is 376 g/mol. The van der Waals surface area contributed by atoms with Gasteiger partial charge in [-0.25, -0.2) is 13.1 Å². The zero-order valence-electron chi connectivity index (χ0n) is 16.9. The minimum Gasteiger partial charge on any atom is -0.492 e. The van der Waals surface area contributed by atoms with Crippen molar-refractivity contribution >= 4 is 15.9 Å². The Morgan fingerprint density at radius 3 is 2.50 bits per heavy atom. The van der Waals surface area contributed by atoms with Crippen LogP contribution in [-0.2, 0) is 14.8 Å². The second-order valence-electron chi connectivity index (χ2n) is 6.90. The fourth-order valence-electron chi connectivity index (χ4n) is 2.69. The Morgan fingerprint density at radius 1 is 1.07 bits per heavy atom. The lowest BCUT2D eigenvalue weighted by Gasteiger charge is -2.18. The van der Waals surface area contributed by atoms with Crippen molar-refractivity contribution in [1.29, 1.82) is 0 Å². The van der Waals surface area contributed by atoms with E-state index in [1.807, 2.05) is 44.2 Å². The van der Waals surface area contributed by atoms with E-state index in [1.54, 1.807) is 31.0 Å². The van der Waals surface area contributed by atoms with E-state index in [-0.39, 0.29) is 23.8 Å². The predicted octanol–water partition coefficient (Wildman–Crippen LogP) is 2.82. The molecule has 2 aromatic rings. The Morgan fingerprint density at radius 2 is 1.79 bits per heavy atom. The number of amides is 1. The number of benzene rings is 2.